The molecular weight excluding hydrogens is 372 g/mol. The second kappa shape index (κ2) is 7.31. The normalized spacial score (nSPS) is 11.2. The van der Waals surface area contributed by atoms with Gasteiger partial charge < -0.3 is 5.32 Å². The molecule has 0 radical (unpaired) electrons. The van der Waals surface area contributed by atoms with Crippen LogP contribution in [-0.4, -0.2) is 18.6 Å². The Hall–Kier alpha value is -2.64. The highest BCUT2D eigenvalue weighted by atomic mass is 35.5. The molecular formula is C18H17ClN4O2S. The highest BCUT2D eigenvalue weighted by molar-refractivity contribution is 7.92. The van der Waals surface area contributed by atoms with Gasteiger partial charge in [-0.3, -0.25) is 4.72 Å². The molecule has 8 heteroatoms. The van der Waals surface area contributed by atoms with E-state index in [0.29, 0.717) is 10.8 Å². The van der Waals surface area contributed by atoms with Crippen LogP contribution in [0.3, 0.4) is 0 Å². The third kappa shape index (κ3) is 4.30. The van der Waals surface area contributed by atoms with Crippen molar-refractivity contribution in [2.24, 2.45) is 0 Å². The van der Waals surface area contributed by atoms with E-state index in [-0.39, 0.29) is 10.7 Å². The Labute approximate surface area is 157 Å². The summed E-state index contributed by atoms with van der Waals surface area (Å²) in [6, 6.07) is 15.4. The average molecular weight is 389 g/mol. The number of aryl methyl sites for hydroxylation is 2. The summed E-state index contributed by atoms with van der Waals surface area (Å²) in [6.45, 7) is 3.75. The first-order chi connectivity index (χ1) is 12.3. The monoisotopic (exact) mass is 388 g/mol. The SMILES string of the molecule is Cc1cccc(S(=O)(=O)Nc2ccc(Nc3ccc(C)c(Cl)c3)nn2)c1. The predicted molar refractivity (Wildman–Crippen MR) is 103 cm³/mol. The van der Waals surface area contributed by atoms with Crippen LogP contribution in [-0.2, 0) is 10.0 Å². The molecule has 0 fully saturated rings. The Kier molecular flexibility index (Phi) is 5.11. The summed E-state index contributed by atoms with van der Waals surface area (Å²) in [6.07, 6.45) is 0. The van der Waals surface area contributed by atoms with Crippen LogP contribution in [0.4, 0.5) is 17.3 Å². The fourth-order valence-corrected chi connectivity index (χ4v) is 3.53. The molecule has 6 nitrogen and oxygen atoms in total. The van der Waals surface area contributed by atoms with Crippen LogP contribution in [0.15, 0.2) is 59.5 Å². The van der Waals surface area contributed by atoms with Gasteiger partial charge in [0.2, 0.25) is 0 Å². The van der Waals surface area contributed by atoms with Crippen molar-refractivity contribution in [3.8, 4) is 0 Å². The molecule has 3 aromatic rings. The summed E-state index contributed by atoms with van der Waals surface area (Å²) in [4.78, 5) is 0.177. The first-order valence-corrected chi connectivity index (χ1v) is 9.66. The molecule has 1 heterocycles. The summed E-state index contributed by atoms with van der Waals surface area (Å²) in [5, 5.41) is 11.6. The molecule has 0 saturated carbocycles. The first kappa shape index (κ1) is 18.2. The summed E-state index contributed by atoms with van der Waals surface area (Å²) in [5.74, 6) is 0.613. The fraction of sp³-hybridized carbons (Fsp3) is 0.111. The number of sulfonamides is 1. The summed E-state index contributed by atoms with van der Waals surface area (Å²) in [7, 11) is -3.71. The molecule has 1 aromatic heterocycles. The molecule has 0 amide bonds. The number of aromatic nitrogens is 2. The van der Waals surface area contributed by atoms with E-state index in [4.69, 9.17) is 11.6 Å². The van der Waals surface area contributed by atoms with Gasteiger partial charge in [-0.1, -0.05) is 29.8 Å². The highest BCUT2D eigenvalue weighted by Gasteiger charge is 2.15. The Bertz CT molecular complexity index is 1040. The lowest BCUT2D eigenvalue weighted by atomic mass is 10.2. The number of nitrogens with zero attached hydrogens (tertiary/aromatic N) is 2. The van der Waals surface area contributed by atoms with Crippen LogP contribution in [0.1, 0.15) is 11.1 Å². The van der Waals surface area contributed by atoms with Gasteiger partial charge in [-0.15, -0.1) is 10.2 Å². The van der Waals surface area contributed by atoms with Gasteiger partial charge in [0.05, 0.1) is 4.90 Å². The minimum Gasteiger partial charge on any atom is -0.339 e. The van der Waals surface area contributed by atoms with E-state index in [1.165, 1.54) is 6.07 Å². The van der Waals surface area contributed by atoms with E-state index in [0.717, 1.165) is 16.8 Å². The van der Waals surface area contributed by atoms with E-state index in [2.05, 4.69) is 20.2 Å². The van der Waals surface area contributed by atoms with Crippen molar-refractivity contribution < 1.29 is 8.42 Å². The van der Waals surface area contributed by atoms with Gasteiger partial charge in [-0.2, -0.15) is 0 Å². The Morgan fingerprint density at radius 2 is 1.65 bits per heavy atom. The molecule has 0 saturated heterocycles. The molecule has 0 aliphatic rings. The highest BCUT2D eigenvalue weighted by Crippen LogP contribution is 2.23. The van der Waals surface area contributed by atoms with E-state index in [1.807, 2.05) is 32.0 Å². The second-order valence-electron chi connectivity index (χ2n) is 5.81. The van der Waals surface area contributed by atoms with Crippen molar-refractivity contribution in [1.82, 2.24) is 10.2 Å². The maximum absolute atomic E-state index is 12.4. The van der Waals surface area contributed by atoms with Gasteiger partial charge in [0, 0.05) is 10.7 Å². The summed E-state index contributed by atoms with van der Waals surface area (Å²) < 4.78 is 27.2. The van der Waals surface area contributed by atoms with Crippen LogP contribution in [0.5, 0.6) is 0 Å². The molecule has 134 valence electrons. The van der Waals surface area contributed by atoms with Crippen LogP contribution in [0.25, 0.3) is 0 Å². The minimum atomic E-state index is -3.71. The molecule has 0 bridgehead atoms. The van der Waals surface area contributed by atoms with Crippen LogP contribution >= 0.6 is 11.6 Å². The second-order valence-corrected chi connectivity index (χ2v) is 7.90. The zero-order valence-corrected chi connectivity index (χ0v) is 15.8. The zero-order chi connectivity index (χ0) is 18.7. The van der Waals surface area contributed by atoms with Gasteiger partial charge in [0.15, 0.2) is 11.6 Å². The molecule has 2 aromatic carbocycles. The zero-order valence-electron chi connectivity index (χ0n) is 14.2. The lowest BCUT2D eigenvalue weighted by molar-refractivity contribution is 0.601. The molecule has 2 N–H and O–H groups in total. The molecule has 0 aliphatic carbocycles. The van der Waals surface area contributed by atoms with Crippen molar-refractivity contribution >= 4 is 38.9 Å². The van der Waals surface area contributed by atoms with Gasteiger partial charge >= 0.3 is 0 Å². The fourth-order valence-electron chi connectivity index (χ4n) is 2.25. The topological polar surface area (TPSA) is 84.0 Å². The standard InChI is InChI=1S/C18H17ClN4O2S/c1-12-4-3-5-15(10-12)26(24,25)23-18-9-8-17(21-22-18)20-14-7-6-13(2)16(19)11-14/h3-11H,1-2H3,(H,20,21)(H,22,23). The quantitative estimate of drug-likeness (QED) is 0.681. The molecule has 0 aliphatic heterocycles. The van der Waals surface area contributed by atoms with E-state index in [1.54, 1.807) is 30.3 Å². The van der Waals surface area contributed by atoms with Crippen molar-refractivity contribution in [2.45, 2.75) is 18.7 Å². The molecule has 3 rings (SSSR count). The molecule has 0 atom stereocenters. The Balaban J connectivity index is 1.74. The average Bonchev–Trinajstić information content (AvgIpc) is 2.60. The number of nitrogens with one attached hydrogen (secondary N) is 2. The third-order valence-electron chi connectivity index (χ3n) is 3.65. The van der Waals surface area contributed by atoms with E-state index < -0.39 is 10.0 Å². The largest absolute Gasteiger partial charge is 0.339 e. The van der Waals surface area contributed by atoms with Crippen molar-refractivity contribution in [3.63, 3.8) is 0 Å². The lowest BCUT2D eigenvalue weighted by Crippen LogP contribution is -2.14. The smallest absolute Gasteiger partial charge is 0.263 e. The number of rotatable bonds is 5. The maximum Gasteiger partial charge on any atom is 0.263 e. The van der Waals surface area contributed by atoms with Gasteiger partial charge in [0.25, 0.3) is 10.0 Å². The predicted octanol–water partition coefficient (Wildman–Crippen LogP) is 4.29. The third-order valence-corrected chi connectivity index (χ3v) is 5.41. The van der Waals surface area contributed by atoms with Crippen molar-refractivity contribution in [1.29, 1.82) is 0 Å². The Morgan fingerprint density at radius 3 is 2.31 bits per heavy atom. The van der Waals surface area contributed by atoms with Gasteiger partial charge in [-0.25, -0.2) is 8.42 Å². The van der Waals surface area contributed by atoms with Gasteiger partial charge in [0.1, 0.15) is 0 Å². The molecule has 0 spiro atoms. The van der Waals surface area contributed by atoms with E-state index in [9.17, 15) is 8.42 Å². The summed E-state index contributed by atoms with van der Waals surface area (Å²) in [5.41, 5.74) is 2.60. The number of benzene rings is 2. The van der Waals surface area contributed by atoms with Crippen LogP contribution < -0.4 is 10.0 Å². The lowest BCUT2D eigenvalue weighted by Gasteiger charge is -2.09. The minimum absolute atomic E-state index is 0.138. The van der Waals surface area contributed by atoms with Gasteiger partial charge in [-0.05, 0) is 61.4 Å². The van der Waals surface area contributed by atoms with Crippen molar-refractivity contribution in [3.05, 3.63) is 70.7 Å². The number of hydrogen-bond acceptors (Lipinski definition) is 5. The Morgan fingerprint density at radius 1 is 0.923 bits per heavy atom. The van der Waals surface area contributed by atoms with Crippen molar-refractivity contribution in [2.75, 3.05) is 10.0 Å². The van der Waals surface area contributed by atoms with E-state index >= 15 is 0 Å². The summed E-state index contributed by atoms with van der Waals surface area (Å²) >= 11 is 6.09. The number of halogens is 1. The first-order valence-electron chi connectivity index (χ1n) is 7.80. The number of anilines is 3. The molecule has 26 heavy (non-hydrogen) atoms. The maximum atomic E-state index is 12.4. The van der Waals surface area contributed by atoms with Crippen LogP contribution in [0, 0.1) is 13.8 Å². The van der Waals surface area contributed by atoms with Crippen LogP contribution in [0.2, 0.25) is 5.02 Å². The molecule has 0 unspecified atom stereocenters. The number of hydrogen-bond donors (Lipinski definition) is 2.